The van der Waals surface area contributed by atoms with Gasteiger partial charge in [-0.15, -0.1) is 0 Å². The van der Waals surface area contributed by atoms with Gasteiger partial charge < -0.3 is 19.8 Å². The van der Waals surface area contributed by atoms with Gasteiger partial charge in [0.2, 0.25) is 0 Å². The van der Waals surface area contributed by atoms with Crippen LogP contribution in [-0.2, 0) is 14.3 Å². The molecule has 0 radical (unpaired) electrons. The van der Waals surface area contributed by atoms with E-state index in [1.807, 2.05) is 30.3 Å². The predicted octanol–water partition coefficient (Wildman–Crippen LogP) is 4.35. The molecule has 1 aliphatic rings. The lowest BCUT2D eigenvalue weighted by Gasteiger charge is -2.14. The molecule has 1 aromatic heterocycles. The second-order valence-corrected chi connectivity index (χ2v) is 8.45. The first-order valence-electron chi connectivity index (χ1n) is 10.6. The number of furan rings is 1. The Kier molecular flexibility index (Phi) is 7.46. The van der Waals surface area contributed by atoms with E-state index < -0.39 is 0 Å². The Hall–Kier alpha value is -3.82. The van der Waals surface area contributed by atoms with Gasteiger partial charge in [-0.1, -0.05) is 30.0 Å². The van der Waals surface area contributed by atoms with E-state index in [0.29, 0.717) is 29.3 Å². The number of imide groups is 1. The summed E-state index contributed by atoms with van der Waals surface area (Å²) >= 11 is 1.20. The Morgan fingerprint density at radius 3 is 2.41 bits per heavy atom. The average Bonchev–Trinajstić information content (AvgIpc) is 3.46. The van der Waals surface area contributed by atoms with Gasteiger partial charge in [0.1, 0.15) is 10.6 Å². The summed E-state index contributed by atoms with van der Waals surface area (Å²) in [5, 5.41) is 5.86. The summed E-state index contributed by atoms with van der Waals surface area (Å²) in [6, 6.07) is 19.5. The summed E-state index contributed by atoms with van der Waals surface area (Å²) < 4.78 is 10.2. The van der Waals surface area contributed by atoms with Crippen LogP contribution in [0.3, 0.4) is 0 Å². The molecule has 9 heteroatoms. The van der Waals surface area contributed by atoms with Gasteiger partial charge in [-0.3, -0.25) is 19.3 Å². The van der Waals surface area contributed by atoms with Crippen LogP contribution in [0.2, 0.25) is 0 Å². The highest BCUT2D eigenvalue weighted by Gasteiger charge is 2.38. The Bertz CT molecular complexity index is 1190. The van der Waals surface area contributed by atoms with Crippen molar-refractivity contribution in [3.05, 3.63) is 89.4 Å². The van der Waals surface area contributed by atoms with Crippen LogP contribution in [0.1, 0.15) is 17.0 Å². The molecule has 8 nitrogen and oxygen atoms in total. The molecule has 34 heavy (non-hydrogen) atoms. The van der Waals surface area contributed by atoms with Crippen molar-refractivity contribution in [2.75, 3.05) is 30.9 Å². The van der Waals surface area contributed by atoms with Gasteiger partial charge in [-0.05, 0) is 55.0 Å². The molecule has 2 N–H and O–H groups in total. The van der Waals surface area contributed by atoms with Crippen molar-refractivity contribution in [2.45, 2.75) is 11.3 Å². The normalized spacial score (nSPS) is 13.5. The first-order valence-corrected chi connectivity index (χ1v) is 11.4. The molecule has 0 saturated carbocycles. The van der Waals surface area contributed by atoms with Gasteiger partial charge in [0.05, 0.1) is 6.26 Å². The van der Waals surface area contributed by atoms with Crippen molar-refractivity contribution in [3.8, 4) is 0 Å². The molecule has 0 spiro atoms. The summed E-state index contributed by atoms with van der Waals surface area (Å²) in [5.41, 5.74) is 1.54. The Morgan fingerprint density at radius 1 is 0.971 bits per heavy atom. The van der Waals surface area contributed by atoms with Crippen molar-refractivity contribution in [1.82, 2.24) is 4.90 Å². The largest absolute Gasteiger partial charge is 0.459 e. The maximum atomic E-state index is 13.1. The van der Waals surface area contributed by atoms with Crippen molar-refractivity contribution in [2.24, 2.45) is 0 Å². The number of nitrogens with one attached hydrogen (secondary N) is 2. The van der Waals surface area contributed by atoms with Crippen molar-refractivity contribution >= 4 is 40.9 Å². The number of anilines is 2. The summed E-state index contributed by atoms with van der Waals surface area (Å²) in [7, 11) is 1.58. The molecular formula is C25H23N3O5S. The fourth-order valence-corrected chi connectivity index (χ4v) is 4.27. The zero-order valence-electron chi connectivity index (χ0n) is 18.4. The van der Waals surface area contributed by atoms with Crippen LogP contribution in [0, 0.1) is 0 Å². The maximum absolute atomic E-state index is 13.1. The Balaban J connectivity index is 1.53. The first kappa shape index (κ1) is 23.3. The van der Waals surface area contributed by atoms with Crippen molar-refractivity contribution < 1.29 is 23.5 Å². The number of hydrogen-bond acceptors (Lipinski definition) is 7. The van der Waals surface area contributed by atoms with Gasteiger partial charge in [0.25, 0.3) is 17.7 Å². The van der Waals surface area contributed by atoms with Gasteiger partial charge in [0, 0.05) is 36.5 Å². The summed E-state index contributed by atoms with van der Waals surface area (Å²) in [5.74, 6) is -0.857. The van der Waals surface area contributed by atoms with Gasteiger partial charge in [-0.25, -0.2) is 0 Å². The van der Waals surface area contributed by atoms with E-state index in [4.69, 9.17) is 9.15 Å². The number of benzene rings is 2. The maximum Gasteiger partial charge on any atom is 0.291 e. The smallest absolute Gasteiger partial charge is 0.291 e. The summed E-state index contributed by atoms with van der Waals surface area (Å²) in [6.07, 6.45) is 1.98. The van der Waals surface area contributed by atoms with Crippen molar-refractivity contribution in [3.63, 3.8) is 0 Å². The van der Waals surface area contributed by atoms with E-state index in [1.54, 1.807) is 43.5 Å². The third kappa shape index (κ3) is 5.38. The molecule has 0 unspecified atom stereocenters. The molecule has 174 valence electrons. The third-order valence-corrected chi connectivity index (χ3v) is 6.07. The first-order chi connectivity index (χ1) is 16.6. The number of carbonyl (C=O) groups excluding carboxylic acids is 3. The van der Waals surface area contributed by atoms with Gasteiger partial charge >= 0.3 is 0 Å². The predicted molar refractivity (Wildman–Crippen MR) is 129 cm³/mol. The summed E-state index contributed by atoms with van der Waals surface area (Å²) in [6.45, 7) is 0.722. The van der Waals surface area contributed by atoms with Crippen LogP contribution in [0.5, 0.6) is 0 Å². The van der Waals surface area contributed by atoms with E-state index in [9.17, 15) is 14.4 Å². The van der Waals surface area contributed by atoms with E-state index >= 15 is 0 Å². The van der Waals surface area contributed by atoms with Crippen LogP contribution < -0.4 is 10.6 Å². The molecule has 1 aliphatic heterocycles. The zero-order valence-corrected chi connectivity index (χ0v) is 19.3. The number of thioether (sulfide) groups is 1. The highest BCUT2D eigenvalue weighted by atomic mass is 32.2. The standard InChI is InChI=1S/C25H23N3O5S/c1-32-15-6-14-28-24(30)21(26-17-7-3-2-4-8-17)22(25(28)31)34-19-12-10-18(11-13-19)27-23(29)20-9-5-16-33-20/h2-5,7-13,16,26H,6,14-15H2,1H3,(H,27,29). The third-order valence-electron chi connectivity index (χ3n) is 4.98. The SMILES string of the molecule is COCCCN1C(=O)C(Nc2ccccc2)=C(Sc2ccc(NC(=O)c3ccco3)cc2)C1=O. The molecule has 0 fully saturated rings. The minimum Gasteiger partial charge on any atom is -0.459 e. The molecule has 4 rings (SSSR count). The number of hydrogen-bond donors (Lipinski definition) is 2. The monoisotopic (exact) mass is 477 g/mol. The Morgan fingerprint density at radius 2 is 1.74 bits per heavy atom. The molecule has 0 aliphatic carbocycles. The van der Waals surface area contributed by atoms with Crippen LogP contribution in [-0.4, -0.2) is 42.9 Å². The second kappa shape index (κ2) is 10.9. The zero-order chi connectivity index (χ0) is 23.9. The lowest BCUT2D eigenvalue weighted by Crippen LogP contribution is -2.33. The van der Waals surface area contributed by atoms with Gasteiger partial charge in [0.15, 0.2) is 5.76 Å². The number of nitrogens with zero attached hydrogens (tertiary/aromatic N) is 1. The van der Waals surface area contributed by atoms with E-state index in [0.717, 1.165) is 4.90 Å². The second-order valence-electron chi connectivity index (χ2n) is 7.36. The lowest BCUT2D eigenvalue weighted by molar-refractivity contribution is -0.137. The number of rotatable bonds is 10. The number of carbonyl (C=O) groups is 3. The molecule has 0 saturated heterocycles. The molecule has 3 aromatic rings. The molecule has 0 atom stereocenters. The van der Waals surface area contributed by atoms with E-state index in [1.165, 1.54) is 22.9 Å². The van der Waals surface area contributed by atoms with Crippen molar-refractivity contribution in [1.29, 1.82) is 0 Å². The van der Waals surface area contributed by atoms with E-state index in [2.05, 4.69) is 10.6 Å². The van der Waals surface area contributed by atoms with Gasteiger partial charge in [-0.2, -0.15) is 0 Å². The topological polar surface area (TPSA) is 101 Å². The number of amides is 3. The van der Waals surface area contributed by atoms with Crippen LogP contribution in [0.15, 0.2) is 92.9 Å². The number of methoxy groups -OCH3 is 1. The van der Waals surface area contributed by atoms with Crippen LogP contribution >= 0.6 is 11.8 Å². The minimum atomic E-state index is -0.366. The molecule has 0 bridgehead atoms. The average molecular weight is 478 g/mol. The quantitative estimate of drug-likeness (QED) is 0.331. The number of ether oxygens (including phenoxy) is 1. The summed E-state index contributed by atoms with van der Waals surface area (Å²) in [4.78, 5) is 40.7. The highest BCUT2D eigenvalue weighted by Crippen LogP contribution is 2.36. The van der Waals surface area contributed by atoms with Crippen LogP contribution in [0.4, 0.5) is 11.4 Å². The fraction of sp³-hybridized carbons (Fsp3) is 0.160. The molecule has 2 aromatic carbocycles. The van der Waals surface area contributed by atoms with Crippen LogP contribution in [0.25, 0.3) is 0 Å². The molecule has 3 amide bonds. The molecule has 2 heterocycles. The Labute approximate surface area is 201 Å². The number of para-hydroxylation sites is 1. The van der Waals surface area contributed by atoms with E-state index in [-0.39, 0.29) is 35.7 Å². The fourth-order valence-electron chi connectivity index (χ4n) is 3.32. The molecular weight excluding hydrogens is 454 g/mol. The highest BCUT2D eigenvalue weighted by molar-refractivity contribution is 8.04. The lowest BCUT2D eigenvalue weighted by atomic mass is 10.3. The minimum absolute atomic E-state index is 0.212.